The van der Waals surface area contributed by atoms with E-state index >= 15 is 0 Å². The lowest BCUT2D eigenvalue weighted by Gasteiger charge is -2.40. The molecule has 1 aromatic heterocycles. The maximum Gasteiger partial charge on any atom is 0.129 e. The minimum absolute atomic E-state index is 0.163. The standard InChI is InChI=1S/C25H28ClN3S2/c1-4-7-20-16-29(15-14-23(20)30-31-24-13-10-17(2)27-28-24)25(18(3)19-11-12-19)21-8-5-6-9-22(21)26/h4-10,13,19,23,25H,1,3,11-12,14-16H2,2H3/b20-7-. The van der Waals surface area contributed by atoms with Gasteiger partial charge in [0.15, 0.2) is 0 Å². The first-order valence-electron chi connectivity index (χ1n) is 10.7. The van der Waals surface area contributed by atoms with Crippen molar-refractivity contribution in [2.75, 3.05) is 13.1 Å². The quantitative estimate of drug-likeness (QED) is 0.304. The largest absolute Gasteiger partial charge is 0.289 e. The molecule has 2 aliphatic rings. The van der Waals surface area contributed by atoms with Gasteiger partial charge in [-0.3, -0.25) is 4.90 Å². The van der Waals surface area contributed by atoms with Crippen molar-refractivity contribution < 1.29 is 0 Å². The summed E-state index contributed by atoms with van der Waals surface area (Å²) in [6, 6.07) is 12.4. The van der Waals surface area contributed by atoms with E-state index in [1.165, 1.54) is 29.6 Å². The summed E-state index contributed by atoms with van der Waals surface area (Å²) in [5.74, 6) is 0.621. The molecule has 2 unspecified atom stereocenters. The van der Waals surface area contributed by atoms with Crippen LogP contribution in [-0.2, 0) is 0 Å². The number of benzene rings is 1. The van der Waals surface area contributed by atoms with Crippen LogP contribution in [0.1, 0.15) is 36.6 Å². The van der Waals surface area contributed by atoms with Gasteiger partial charge in [-0.15, -0.1) is 5.10 Å². The zero-order valence-electron chi connectivity index (χ0n) is 17.8. The van der Waals surface area contributed by atoms with Gasteiger partial charge in [-0.2, -0.15) is 5.10 Å². The third-order valence-electron chi connectivity index (χ3n) is 5.85. The topological polar surface area (TPSA) is 29.0 Å². The van der Waals surface area contributed by atoms with Crippen LogP contribution in [0.2, 0.25) is 5.02 Å². The van der Waals surface area contributed by atoms with Gasteiger partial charge in [0, 0.05) is 23.4 Å². The molecular weight excluding hydrogens is 442 g/mol. The van der Waals surface area contributed by atoms with E-state index in [9.17, 15) is 0 Å². The van der Waals surface area contributed by atoms with E-state index in [0.717, 1.165) is 35.3 Å². The number of hydrogen-bond acceptors (Lipinski definition) is 5. The molecular formula is C25H28ClN3S2. The van der Waals surface area contributed by atoms with Crippen molar-refractivity contribution in [2.24, 2.45) is 5.92 Å². The summed E-state index contributed by atoms with van der Waals surface area (Å²) in [5.41, 5.74) is 4.81. The van der Waals surface area contributed by atoms with E-state index in [1.807, 2.05) is 48.1 Å². The zero-order valence-corrected chi connectivity index (χ0v) is 20.2. The molecule has 1 aliphatic carbocycles. The second-order valence-corrected chi connectivity index (χ2v) is 11.0. The maximum atomic E-state index is 6.64. The molecule has 2 aromatic rings. The number of nitrogens with zero attached hydrogens (tertiary/aromatic N) is 3. The normalized spacial score (nSPS) is 21.7. The van der Waals surface area contributed by atoms with Gasteiger partial charge in [0.1, 0.15) is 5.03 Å². The van der Waals surface area contributed by atoms with Crippen LogP contribution in [0, 0.1) is 12.8 Å². The SMILES string of the molecule is C=C/C=C1/CN(C(C(=C)C2CC2)c2ccccc2Cl)CCC1SSc1ccc(C)nn1. The third-order valence-corrected chi connectivity index (χ3v) is 8.95. The van der Waals surface area contributed by atoms with E-state index in [-0.39, 0.29) is 6.04 Å². The minimum atomic E-state index is 0.163. The summed E-state index contributed by atoms with van der Waals surface area (Å²) >= 11 is 6.64. The first-order chi connectivity index (χ1) is 15.1. The smallest absolute Gasteiger partial charge is 0.129 e. The molecule has 2 heterocycles. The third kappa shape index (κ3) is 5.64. The Labute approximate surface area is 198 Å². The predicted octanol–water partition coefficient (Wildman–Crippen LogP) is 7.07. The Kier molecular flexibility index (Phi) is 7.59. The average Bonchev–Trinajstić information content (AvgIpc) is 3.61. The molecule has 0 spiro atoms. The van der Waals surface area contributed by atoms with Crippen LogP contribution < -0.4 is 0 Å². The lowest BCUT2D eigenvalue weighted by molar-refractivity contribution is 0.214. The zero-order chi connectivity index (χ0) is 21.8. The van der Waals surface area contributed by atoms with E-state index < -0.39 is 0 Å². The van der Waals surface area contributed by atoms with Crippen molar-refractivity contribution in [2.45, 2.75) is 42.5 Å². The van der Waals surface area contributed by atoms with Crippen LogP contribution in [0.5, 0.6) is 0 Å². The summed E-state index contributed by atoms with van der Waals surface area (Å²) in [6.45, 7) is 12.3. The van der Waals surface area contributed by atoms with Gasteiger partial charge in [-0.1, -0.05) is 71.5 Å². The Balaban J connectivity index is 1.51. The predicted molar refractivity (Wildman–Crippen MR) is 135 cm³/mol. The average molecular weight is 470 g/mol. The number of likely N-dealkylation sites (tertiary alicyclic amines) is 1. The van der Waals surface area contributed by atoms with Crippen molar-refractivity contribution in [1.82, 2.24) is 15.1 Å². The summed E-state index contributed by atoms with van der Waals surface area (Å²) in [6.07, 6.45) is 7.64. The highest BCUT2D eigenvalue weighted by Gasteiger charge is 2.37. The summed E-state index contributed by atoms with van der Waals surface area (Å²) in [4.78, 5) is 2.55. The lowest BCUT2D eigenvalue weighted by Crippen LogP contribution is -2.40. The molecule has 162 valence electrons. The minimum Gasteiger partial charge on any atom is -0.289 e. The first kappa shape index (κ1) is 22.7. The fourth-order valence-corrected chi connectivity index (χ4v) is 6.77. The number of piperidine rings is 1. The van der Waals surface area contributed by atoms with Gasteiger partial charge in [0.25, 0.3) is 0 Å². The molecule has 0 N–H and O–H groups in total. The van der Waals surface area contributed by atoms with Crippen molar-refractivity contribution in [3.05, 3.63) is 89.1 Å². The van der Waals surface area contributed by atoms with Crippen LogP contribution in [0.25, 0.3) is 0 Å². The molecule has 0 amide bonds. The first-order valence-corrected chi connectivity index (χ1v) is 13.3. The van der Waals surface area contributed by atoms with Gasteiger partial charge >= 0.3 is 0 Å². The van der Waals surface area contributed by atoms with Gasteiger partial charge in [0.2, 0.25) is 0 Å². The molecule has 3 nitrogen and oxygen atoms in total. The number of allylic oxidation sites excluding steroid dienone is 2. The van der Waals surface area contributed by atoms with Crippen LogP contribution in [0.4, 0.5) is 0 Å². The summed E-state index contributed by atoms with van der Waals surface area (Å²) < 4.78 is 0. The Morgan fingerprint density at radius 3 is 2.68 bits per heavy atom. The van der Waals surface area contributed by atoms with Gasteiger partial charge < -0.3 is 0 Å². The Morgan fingerprint density at radius 1 is 1.19 bits per heavy atom. The fraction of sp³-hybridized carbons (Fsp3) is 0.360. The van der Waals surface area contributed by atoms with Crippen LogP contribution in [-0.4, -0.2) is 33.4 Å². The van der Waals surface area contributed by atoms with E-state index in [0.29, 0.717) is 11.2 Å². The van der Waals surface area contributed by atoms with Gasteiger partial charge in [-0.05, 0) is 72.2 Å². The van der Waals surface area contributed by atoms with Crippen molar-refractivity contribution in [1.29, 1.82) is 0 Å². The summed E-state index contributed by atoms with van der Waals surface area (Å²) in [7, 11) is 3.57. The highest BCUT2D eigenvalue weighted by molar-refractivity contribution is 8.77. The Morgan fingerprint density at radius 2 is 2.00 bits per heavy atom. The molecule has 0 radical (unpaired) electrons. The second kappa shape index (κ2) is 10.4. The fourth-order valence-electron chi connectivity index (χ4n) is 4.07. The van der Waals surface area contributed by atoms with Crippen LogP contribution >= 0.6 is 33.2 Å². The van der Waals surface area contributed by atoms with E-state index in [4.69, 9.17) is 11.6 Å². The van der Waals surface area contributed by atoms with Crippen LogP contribution in [0.3, 0.4) is 0 Å². The Hall–Kier alpha value is -1.53. The monoisotopic (exact) mass is 469 g/mol. The number of hydrogen-bond donors (Lipinski definition) is 0. The number of aryl methyl sites for hydroxylation is 1. The molecule has 2 fully saturated rings. The molecule has 1 aliphatic heterocycles. The highest BCUT2D eigenvalue weighted by atomic mass is 35.5. The molecule has 31 heavy (non-hydrogen) atoms. The van der Waals surface area contributed by atoms with Gasteiger partial charge in [-0.25, -0.2) is 0 Å². The lowest BCUT2D eigenvalue weighted by atomic mass is 9.91. The second-order valence-electron chi connectivity index (χ2n) is 8.19. The highest BCUT2D eigenvalue weighted by Crippen LogP contribution is 2.47. The Bertz CT molecular complexity index is 969. The van der Waals surface area contributed by atoms with E-state index in [1.54, 1.807) is 10.8 Å². The molecule has 6 heteroatoms. The van der Waals surface area contributed by atoms with Crippen molar-refractivity contribution >= 4 is 33.2 Å². The molecule has 1 saturated heterocycles. The molecule has 0 bridgehead atoms. The van der Waals surface area contributed by atoms with E-state index in [2.05, 4.69) is 46.5 Å². The molecule has 1 aromatic carbocycles. The maximum absolute atomic E-state index is 6.64. The number of halogens is 1. The number of rotatable bonds is 8. The molecule has 1 saturated carbocycles. The van der Waals surface area contributed by atoms with Crippen LogP contribution in [0.15, 0.2) is 77.9 Å². The van der Waals surface area contributed by atoms with Gasteiger partial charge in [0.05, 0.1) is 11.7 Å². The summed E-state index contributed by atoms with van der Waals surface area (Å²) in [5, 5.41) is 10.7. The number of aromatic nitrogens is 2. The molecule has 2 atom stereocenters. The van der Waals surface area contributed by atoms with Crippen molar-refractivity contribution in [3.63, 3.8) is 0 Å². The molecule has 4 rings (SSSR count). The van der Waals surface area contributed by atoms with Crippen molar-refractivity contribution in [3.8, 4) is 0 Å².